The molecule has 3 rings (SSSR count). The number of amides is 3. The number of carbonyl (C=O) groups is 2. The van der Waals surface area contributed by atoms with E-state index >= 15 is 0 Å². The fourth-order valence-electron chi connectivity index (χ4n) is 2.82. The third-order valence-corrected chi connectivity index (χ3v) is 4.41. The molecule has 30 heavy (non-hydrogen) atoms. The maximum Gasteiger partial charge on any atom is 0.315 e. The highest BCUT2D eigenvalue weighted by Gasteiger charge is 2.13. The van der Waals surface area contributed by atoms with Crippen molar-refractivity contribution in [3.63, 3.8) is 0 Å². The Labute approximate surface area is 173 Å². The quantitative estimate of drug-likeness (QED) is 0.542. The SMILES string of the molecule is COc1ccc([C@H](C)NC(=O)NCc2cccc(NC(=O)c3ccco3)c2)cc1F. The number of rotatable bonds is 7. The number of ether oxygens (including phenoxy) is 1. The van der Waals surface area contributed by atoms with Gasteiger partial charge in [0.25, 0.3) is 5.91 Å². The fourth-order valence-corrected chi connectivity index (χ4v) is 2.82. The Morgan fingerprint density at radius 1 is 1.13 bits per heavy atom. The number of halogens is 1. The van der Waals surface area contributed by atoms with E-state index in [1.54, 1.807) is 43.3 Å². The molecule has 8 heteroatoms. The lowest BCUT2D eigenvalue weighted by Crippen LogP contribution is -2.36. The summed E-state index contributed by atoms with van der Waals surface area (Å²) in [6.07, 6.45) is 1.43. The van der Waals surface area contributed by atoms with Crippen molar-refractivity contribution in [2.24, 2.45) is 0 Å². The van der Waals surface area contributed by atoms with Crippen molar-refractivity contribution in [2.45, 2.75) is 19.5 Å². The van der Waals surface area contributed by atoms with Gasteiger partial charge in [-0.15, -0.1) is 0 Å². The molecule has 1 aromatic heterocycles. The fraction of sp³-hybridized carbons (Fsp3) is 0.182. The molecule has 0 saturated carbocycles. The number of methoxy groups -OCH3 is 1. The van der Waals surface area contributed by atoms with Crippen molar-refractivity contribution in [3.05, 3.63) is 83.6 Å². The van der Waals surface area contributed by atoms with Crippen molar-refractivity contribution in [1.29, 1.82) is 0 Å². The molecule has 1 atom stereocenters. The van der Waals surface area contributed by atoms with Gasteiger partial charge in [-0.25, -0.2) is 9.18 Å². The van der Waals surface area contributed by atoms with Gasteiger partial charge in [0.15, 0.2) is 17.3 Å². The Morgan fingerprint density at radius 3 is 2.67 bits per heavy atom. The maximum atomic E-state index is 13.8. The van der Waals surface area contributed by atoms with E-state index in [1.165, 1.54) is 25.5 Å². The topological polar surface area (TPSA) is 92.6 Å². The first-order valence-electron chi connectivity index (χ1n) is 9.28. The molecule has 0 aliphatic heterocycles. The standard InChI is InChI=1S/C22H22FN3O4/c1-14(16-8-9-19(29-2)18(23)12-16)25-22(28)24-13-15-5-3-6-17(11-15)26-21(27)20-7-4-10-30-20/h3-12,14H,13H2,1-2H3,(H,26,27)(H2,24,25,28)/t14-/m0/s1. The van der Waals surface area contributed by atoms with Crippen LogP contribution in [0.25, 0.3) is 0 Å². The van der Waals surface area contributed by atoms with Crippen molar-refractivity contribution < 1.29 is 23.1 Å². The lowest BCUT2D eigenvalue weighted by molar-refractivity contribution is 0.0996. The van der Waals surface area contributed by atoms with E-state index in [0.29, 0.717) is 11.3 Å². The molecule has 0 spiro atoms. The molecule has 0 bridgehead atoms. The highest BCUT2D eigenvalue weighted by Crippen LogP contribution is 2.21. The smallest absolute Gasteiger partial charge is 0.315 e. The Balaban J connectivity index is 1.53. The number of urea groups is 1. The van der Waals surface area contributed by atoms with E-state index in [4.69, 9.17) is 9.15 Å². The van der Waals surface area contributed by atoms with Crippen LogP contribution in [0.4, 0.5) is 14.9 Å². The average molecular weight is 411 g/mol. The molecule has 3 N–H and O–H groups in total. The summed E-state index contributed by atoms with van der Waals surface area (Å²) in [4.78, 5) is 24.3. The molecule has 2 aromatic carbocycles. The number of carbonyl (C=O) groups excluding carboxylic acids is 2. The van der Waals surface area contributed by atoms with Crippen LogP contribution in [-0.4, -0.2) is 19.0 Å². The van der Waals surface area contributed by atoms with Gasteiger partial charge in [-0.05, 0) is 54.4 Å². The van der Waals surface area contributed by atoms with Crippen LogP contribution in [-0.2, 0) is 6.54 Å². The van der Waals surface area contributed by atoms with Crippen LogP contribution in [0, 0.1) is 5.82 Å². The number of furan rings is 1. The summed E-state index contributed by atoms with van der Waals surface area (Å²) in [5.41, 5.74) is 2.00. The molecule has 0 radical (unpaired) electrons. The summed E-state index contributed by atoms with van der Waals surface area (Å²) < 4.78 is 23.8. The third kappa shape index (κ3) is 5.38. The van der Waals surface area contributed by atoms with Gasteiger partial charge in [-0.1, -0.05) is 18.2 Å². The minimum atomic E-state index is -0.488. The van der Waals surface area contributed by atoms with E-state index in [1.807, 2.05) is 6.07 Å². The van der Waals surface area contributed by atoms with Gasteiger partial charge in [-0.2, -0.15) is 0 Å². The van der Waals surface area contributed by atoms with E-state index in [-0.39, 0.29) is 24.0 Å². The van der Waals surface area contributed by atoms with E-state index in [2.05, 4.69) is 16.0 Å². The molecule has 0 saturated heterocycles. The Bertz CT molecular complexity index is 1020. The zero-order valence-electron chi connectivity index (χ0n) is 16.6. The number of hydrogen-bond donors (Lipinski definition) is 3. The van der Waals surface area contributed by atoms with Crippen LogP contribution in [0.1, 0.15) is 34.6 Å². The van der Waals surface area contributed by atoms with Gasteiger partial charge < -0.3 is 25.1 Å². The predicted octanol–water partition coefficient (Wildman–Crippen LogP) is 4.24. The first-order valence-corrected chi connectivity index (χ1v) is 9.28. The number of nitrogens with one attached hydrogen (secondary N) is 3. The second-order valence-corrected chi connectivity index (χ2v) is 6.57. The van der Waals surface area contributed by atoms with Gasteiger partial charge in [0.2, 0.25) is 0 Å². The molecular formula is C22H22FN3O4. The zero-order chi connectivity index (χ0) is 21.5. The number of anilines is 1. The summed E-state index contributed by atoms with van der Waals surface area (Å²) in [6.45, 7) is 2.01. The lowest BCUT2D eigenvalue weighted by atomic mass is 10.1. The second kappa shape index (κ2) is 9.60. The monoisotopic (exact) mass is 411 g/mol. The van der Waals surface area contributed by atoms with Gasteiger partial charge in [0.1, 0.15) is 0 Å². The van der Waals surface area contributed by atoms with E-state index in [9.17, 15) is 14.0 Å². The second-order valence-electron chi connectivity index (χ2n) is 6.57. The molecule has 0 aliphatic carbocycles. The maximum absolute atomic E-state index is 13.8. The van der Waals surface area contributed by atoms with E-state index < -0.39 is 17.9 Å². The zero-order valence-corrected chi connectivity index (χ0v) is 16.6. The Morgan fingerprint density at radius 2 is 1.97 bits per heavy atom. The molecule has 3 amide bonds. The van der Waals surface area contributed by atoms with Crippen molar-refractivity contribution in [3.8, 4) is 5.75 Å². The average Bonchev–Trinajstić information content (AvgIpc) is 3.27. The normalized spacial score (nSPS) is 11.4. The van der Waals surface area contributed by atoms with Crippen LogP contribution in [0.3, 0.4) is 0 Å². The van der Waals surface area contributed by atoms with Crippen molar-refractivity contribution >= 4 is 17.6 Å². The summed E-state index contributed by atoms with van der Waals surface area (Å²) in [7, 11) is 1.39. The van der Waals surface area contributed by atoms with E-state index in [0.717, 1.165) is 5.56 Å². The Hall–Kier alpha value is -3.81. The van der Waals surface area contributed by atoms with Crippen LogP contribution in [0.5, 0.6) is 5.75 Å². The highest BCUT2D eigenvalue weighted by atomic mass is 19.1. The molecule has 1 heterocycles. The minimum absolute atomic E-state index is 0.148. The van der Waals surface area contributed by atoms with Gasteiger partial charge in [0.05, 0.1) is 19.4 Å². The predicted molar refractivity (Wildman–Crippen MR) is 110 cm³/mol. The first-order chi connectivity index (χ1) is 14.5. The molecule has 7 nitrogen and oxygen atoms in total. The van der Waals surface area contributed by atoms with Gasteiger partial charge in [-0.3, -0.25) is 4.79 Å². The minimum Gasteiger partial charge on any atom is -0.494 e. The lowest BCUT2D eigenvalue weighted by Gasteiger charge is -2.16. The van der Waals surface area contributed by atoms with Crippen LogP contribution in [0.2, 0.25) is 0 Å². The summed E-state index contributed by atoms with van der Waals surface area (Å²) in [6, 6.07) is 14.0. The summed E-state index contributed by atoms with van der Waals surface area (Å²) in [5.74, 6) is -0.489. The number of benzene rings is 2. The van der Waals surface area contributed by atoms with Crippen LogP contribution in [0.15, 0.2) is 65.3 Å². The largest absolute Gasteiger partial charge is 0.494 e. The molecular weight excluding hydrogens is 389 g/mol. The van der Waals surface area contributed by atoms with Gasteiger partial charge in [0, 0.05) is 12.2 Å². The summed E-state index contributed by atoms with van der Waals surface area (Å²) >= 11 is 0. The summed E-state index contributed by atoms with van der Waals surface area (Å²) in [5, 5.41) is 8.24. The molecule has 0 fully saturated rings. The molecule has 156 valence electrons. The van der Waals surface area contributed by atoms with Crippen LogP contribution < -0.4 is 20.7 Å². The Kier molecular flexibility index (Phi) is 6.69. The van der Waals surface area contributed by atoms with Gasteiger partial charge >= 0.3 is 6.03 Å². The highest BCUT2D eigenvalue weighted by molar-refractivity contribution is 6.02. The molecule has 3 aromatic rings. The van der Waals surface area contributed by atoms with Crippen molar-refractivity contribution in [2.75, 3.05) is 12.4 Å². The third-order valence-electron chi connectivity index (χ3n) is 4.41. The molecule has 0 aliphatic rings. The first kappa shape index (κ1) is 20.9. The molecule has 0 unspecified atom stereocenters. The number of hydrogen-bond acceptors (Lipinski definition) is 4. The van der Waals surface area contributed by atoms with Crippen LogP contribution >= 0.6 is 0 Å². The van der Waals surface area contributed by atoms with Crippen molar-refractivity contribution in [1.82, 2.24) is 10.6 Å².